The predicted molar refractivity (Wildman–Crippen MR) is 84.9 cm³/mol. The molecule has 0 radical (unpaired) electrons. The number of ether oxygens (including phenoxy) is 3. The van der Waals surface area contributed by atoms with Crippen molar-refractivity contribution in [3.8, 4) is 17.0 Å². The van der Waals surface area contributed by atoms with Crippen molar-refractivity contribution in [2.75, 3.05) is 26.1 Å². The van der Waals surface area contributed by atoms with Crippen molar-refractivity contribution < 1.29 is 19.0 Å². The van der Waals surface area contributed by atoms with Gasteiger partial charge in [-0.25, -0.2) is 9.78 Å². The van der Waals surface area contributed by atoms with Crippen molar-refractivity contribution >= 4 is 22.4 Å². The molecule has 22 heavy (non-hydrogen) atoms. The maximum Gasteiger partial charge on any atom is 0.347 e. The van der Waals surface area contributed by atoms with Gasteiger partial charge in [-0.3, -0.25) is 0 Å². The standard InChI is InChI=1S/C15H18N2O4S/c1-10(14(18)20-8-7-19-2)21-13-6-4-3-5-11(13)12-9-22-15(16)17-12/h3-6,9-10H,7-8H2,1-2H3,(H2,16,17). The van der Waals surface area contributed by atoms with E-state index < -0.39 is 12.1 Å². The number of nitrogen functional groups attached to an aromatic ring is 1. The lowest BCUT2D eigenvalue weighted by atomic mass is 10.1. The van der Waals surface area contributed by atoms with Crippen LogP contribution in [0.5, 0.6) is 5.75 Å². The Kier molecular flexibility index (Phi) is 5.74. The number of benzene rings is 1. The first-order valence-electron chi connectivity index (χ1n) is 6.74. The van der Waals surface area contributed by atoms with Crippen molar-refractivity contribution in [2.45, 2.75) is 13.0 Å². The fourth-order valence-electron chi connectivity index (χ4n) is 1.77. The lowest BCUT2D eigenvalue weighted by Gasteiger charge is -2.16. The molecular formula is C15H18N2O4S. The Hall–Kier alpha value is -2.12. The number of nitrogens with two attached hydrogens (primary N) is 1. The van der Waals surface area contributed by atoms with Crippen molar-refractivity contribution in [1.82, 2.24) is 4.98 Å². The van der Waals surface area contributed by atoms with Crippen LogP contribution in [0.4, 0.5) is 5.13 Å². The van der Waals surface area contributed by atoms with Gasteiger partial charge in [0, 0.05) is 18.1 Å². The van der Waals surface area contributed by atoms with Crippen molar-refractivity contribution in [3.05, 3.63) is 29.6 Å². The first kappa shape index (κ1) is 16.3. The van der Waals surface area contributed by atoms with Gasteiger partial charge in [0.15, 0.2) is 11.2 Å². The van der Waals surface area contributed by atoms with E-state index in [1.165, 1.54) is 11.3 Å². The van der Waals surface area contributed by atoms with Gasteiger partial charge in [0.1, 0.15) is 12.4 Å². The van der Waals surface area contributed by atoms with E-state index in [-0.39, 0.29) is 6.61 Å². The fraction of sp³-hybridized carbons (Fsp3) is 0.333. The molecule has 0 saturated heterocycles. The normalized spacial score (nSPS) is 11.9. The van der Waals surface area contributed by atoms with E-state index in [0.717, 1.165) is 11.3 Å². The molecule has 1 aromatic heterocycles. The molecule has 118 valence electrons. The molecule has 2 rings (SSSR count). The van der Waals surface area contributed by atoms with Gasteiger partial charge in [0.05, 0.1) is 12.3 Å². The summed E-state index contributed by atoms with van der Waals surface area (Å²) in [5.41, 5.74) is 7.17. The summed E-state index contributed by atoms with van der Waals surface area (Å²) in [6.07, 6.45) is -0.728. The van der Waals surface area contributed by atoms with Gasteiger partial charge >= 0.3 is 5.97 Å². The van der Waals surface area contributed by atoms with E-state index in [1.54, 1.807) is 20.1 Å². The van der Waals surface area contributed by atoms with E-state index in [4.69, 9.17) is 19.9 Å². The number of thiazole rings is 1. The van der Waals surface area contributed by atoms with Crippen LogP contribution in [0.25, 0.3) is 11.3 Å². The van der Waals surface area contributed by atoms with E-state index in [2.05, 4.69) is 4.98 Å². The van der Waals surface area contributed by atoms with E-state index in [1.807, 2.05) is 23.6 Å². The third-order valence-electron chi connectivity index (χ3n) is 2.85. The maximum atomic E-state index is 11.8. The Morgan fingerprint density at radius 3 is 2.82 bits per heavy atom. The van der Waals surface area contributed by atoms with Crippen LogP contribution in [-0.2, 0) is 14.3 Å². The molecule has 0 fully saturated rings. The average Bonchev–Trinajstić information content (AvgIpc) is 2.94. The molecule has 7 heteroatoms. The van der Waals surface area contributed by atoms with Gasteiger partial charge in [-0.15, -0.1) is 11.3 Å². The molecule has 0 bridgehead atoms. The van der Waals surface area contributed by atoms with E-state index in [9.17, 15) is 4.79 Å². The van der Waals surface area contributed by atoms with Gasteiger partial charge in [-0.1, -0.05) is 12.1 Å². The second kappa shape index (κ2) is 7.77. The number of aromatic nitrogens is 1. The summed E-state index contributed by atoms with van der Waals surface area (Å²) in [7, 11) is 1.55. The van der Waals surface area contributed by atoms with Gasteiger partial charge < -0.3 is 19.9 Å². The lowest BCUT2D eigenvalue weighted by Crippen LogP contribution is -2.27. The molecule has 0 amide bonds. The zero-order valence-electron chi connectivity index (χ0n) is 12.4. The van der Waals surface area contributed by atoms with Crippen LogP contribution in [-0.4, -0.2) is 37.4 Å². The Labute approximate surface area is 132 Å². The first-order chi connectivity index (χ1) is 10.6. The summed E-state index contributed by atoms with van der Waals surface area (Å²) in [6, 6.07) is 7.35. The third-order valence-corrected chi connectivity index (χ3v) is 3.53. The predicted octanol–water partition coefficient (Wildman–Crippen LogP) is 2.35. The largest absolute Gasteiger partial charge is 0.478 e. The molecule has 1 atom stereocenters. The molecule has 1 unspecified atom stereocenters. The number of methoxy groups -OCH3 is 1. The third kappa shape index (κ3) is 4.19. The summed E-state index contributed by atoms with van der Waals surface area (Å²) in [4.78, 5) is 16.1. The van der Waals surface area contributed by atoms with E-state index in [0.29, 0.717) is 17.5 Å². The van der Waals surface area contributed by atoms with Crippen molar-refractivity contribution in [2.24, 2.45) is 0 Å². The van der Waals surface area contributed by atoms with Crippen LogP contribution >= 0.6 is 11.3 Å². The molecule has 0 aliphatic rings. The molecule has 2 aromatic rings. The summed E-state index contributed by atoms with van der Waals surface area (Å²) >= 11 is 1.35. The van der Waals surface area contributed by atoms with Crippen LogP contribution in [0, 0.1) is 0 Å². The van der Waals surface area contributed by atoms with Gasteiger partial charge in [-0.2, -0.15) is 0 Å². The quantitative estimate of drug-likeness (QED) is 0.622. The summed E-state index contributed by atoms with van der Waals surface area (Å²) in [5.74, 6) is 0.119. The molecule has 0 aliphatic heterocycles. The van der Waals surface area contributed by atoms with Crippen LogP contribution < -0.4 is 10.5 Å². The smallest absolute Gasteiger partial charge is 0.347 e. The number of para-hydroxylation sites is 1. The van der Waals surface area contributed by atoms with Crippen LogP contribution in [0.3, 0.4) is 0 Å². The van der Waals surface area contributed by atoms with Crippen molar-refractivity contribution in [1.29, 1.82) is 0 Å². The molecule has 0 spiro atoms. The SMILES string of the molecule is COCCOC(=O)C(C)Oc1ccccc1-c1csc(N)n1. The highest BCUT2D eigenvalue weighted by Crippen LogP contribution is 2.31. The Morgan fingerprint density at radius 1 is 1.36 bits per heavy atom. The molecule has 2 N–H and O–H groups in total. The van der Waals surface area contributed by atoms with Gasteiger partial charge in [0.25, 0.3) is 0 Å². The van der Waals surface area contributed by atoms with Crippen LogP contribution in [0.2, 0.25) is 0 Å². The minimum absolute atomic E-state index is 0.202. The number of hydrogen-bond donors (Lipinski definition) is 1. The monoisotopic (exact) mass is 322 g/mol. The molecule has 1 heterocycles. The van der Waals surface area contributed by atoms with E-state index >= 15 is 0 Å². The second-order valence-corrected chi connectivity index (χ2v) is 5.38. The first-order valence-corrected chi connectivity index (χ1v) is 7.62. The Bertz CT molecular complexity index is 630. The number of esters is 1. The summed E-state index contributed by atoms with van der Waals surface area (Å²) in [6.45, 7) is 2.20. The van der Waals surface area contributed by atoms with Gasteiger partial charge in [-0.05, 0) is 19.1 Å². The number of rotatable bonds is 7. The number of carbonyl (C=O) groups is 1. The Morgan fingerprint density at radius 2 is 2.14 bits per heavy atom. The highest BCUT2D eigenvalue weighted by Gasteiger charge is 2.18. The lowest BCUT2D eigenvalue weighted by molar-refractivity contribution is -0.152. The topological polar surface area (TPSA) is 83.7 Å². The summed E-state index contributed by atoms with van der Waals surface area (Å²) in [5, 5.41) is 2.33. The fourth-order valence-corrected chi connectivity index (χ4v) is 2.34. The zero-order valence-corrected chi connectivity index (χ0v) is 13.3. The highest BCUT2D eigenvalue weighted by molar-refractivity contribution is 7.13. The number of carbonyl (C=O) groups excluding carboxylic acids is 1. The average molecular weight is 322 g/mol. The van der Waals surface area contributed by atoms with Crippen LogP contribution in [0.1, 0.15) is 6.92 Å². The molecule has 6 nitrogen and oxygen atoms in total. The molecule has 0 saturated carbocycles. The highest BCUT2D eigenvalue weighted by atomic mass is 32.1. The minimum atomic E-state index is -0.728. The molecule has 1 aromatic carbocycles. The second-order valence-electron chi connectivity index (χ2n) is 4.49. The van der Waals surface area contributed by atoms with Gasteiger partial charge in [0.2, 0.25) is 0 Å². The van der Waals surface area contributed by atoms with Crippen molar-refractivity contribution in [3.63, 3.8) is 0 Å². The maximum absolute atomic E-state index is 11.8. The molecule has 0 aliphatic carbocycles. The minimum Gasteiger partial charge on any atom is -0.478 e. The number of nitrogens with zero attached hydrogens (tertiary/aromatic N) is 1. The zero-order chi connectivity index (χ0) is 15.9. The van der Waals surface area contributed by atoms with Crippen LogP contribution in [0.15, 0.2) is 29.6 Å². The number of anilines is 1. The summed E-state index contributed by atoms with van der Waals surface area (Å²) < 4.78 is 15.6. The number of hydrogen-bond acceptors (Lipinski definition) is 7. The molecular weight excluding hydrogens is 304 g/mol. The Balaban J connectivity index is 2.08.